The lowest BCUT2D eigenvalue weighted by Gasteiger charge is -2.33. The van der Waals surface area contributed by atoms with E-state index in [4.69, 9.17) is 9.15 Å². The summed E-state index contributed by atoms with van der Waals surface area (Å²) in [6, 6.07) is 8.46. The zero-order chi connectivity index (χ0) is 13.1. The van der Waals surface area contributed by atoms with Crippen LogP contribution in [0.1, 0.15) is 17.4 Å². The van der Waals surface area contributed by atoms with Gasteiger partial charge in [-0.2, -0.15) is 0 Å². The Labute approximate surface area is 120 Å². The molecule has 1 fully saturated rings. The second-order valence-electron chi connectivity index (χ2n) is 4.51. The third kappa shape index (κ3) is 2.88. The second kappa shape index (κ2) is 5.86. The molecule has 1 aromatic heterocycles. The standard InChI is InChI=1S/C14H15BrN2O2/c15-12-3-1-11(2-4-12)14(13-9-16-10-19-13)17-5-7-18-8-6-17/h1-4,9-10,14H,5-8H2. The molecule has 1 unspecified atom stereocenters. The summed E-state index contributed by atoms with van der Waals surface area (Å²) >= 11 is 3.47. The smallest absolute Gasteiger partial charge is 0.180 e. The highest BCUT2D eigenvalue weighted by molar-refractivity contribution is 9.10. The molecule has 2 heterocycles. The predicted molar refractivity (Wildman–Crippen MR) is 74.9 cm³/mol. The molecule has 3 rings (SSSR count). The van der Waals surface area contributed by atoms with Gasteiger partial charge in [0.05, 0.1) is 25.5 Å². The molecule has 100 valence electrons. The van der Waals surface area contributed by atoms with Crippen LogP contribution in [-0.2, 0) is 4.74 Å². The SMILES string of the molecule is Brc1ccc(C(c2cnco2)N2CCOCC2)cc1. The van der Waals surface area contributed by atoms with E-state index < -0.39 is 0 Å². The van der Waals surface area contributed by atoms with Crippen LogP contribution in [0.5, 0.6) is 0 Å². The van der Waals surface area contributed by atoms with Crippen molar-refractivity contribution in [2.45, 2.75) is 6.04 Å². The van der Waals surface area contributed by atoms with Gasteiger partial charge in [-0.15, -0.1) is 0 Å². The Balaban J connectivity index is 1.93. The van der Waals surface area contributed by atoms with E-state index in [2.05, 4.69) is 50.1 Å². The summed E-state index contributed by atoms with van der Waals surface area (Å²) in [5.41, 5.74) is 1.21. The Hall–Kier alpha value is -1.17. The molecule has 1 aromatic carbocycles. The number of benzene rings is 1. The molecule has 19 heavy (non-hydrogen) atoms. The van der Waals surface area contributed by atoms with E-state index >= 15 is 0 Å². The van der Waals surface area contributed by atoms with Crippen LogP contribution in [0.4, 0.5) is 0 Å². The number of morpholine rings is 1. The Morgan fingerprint density at radius 2 is 1.89 bits per heavy atom. The Morgan fingerprint density at radius 1 is 1.16 bits per heavy atom. The van der Waals surface area contributed by atoms with Crippen molar-refractivity contribution in [2.24, 2.45) is 0 Å². The zero-order valence-corrected chi connectivity index (χ0v) is 12.0. The molecule has 1 atom stereocenters. The summed E-state index contributed by atoms with van der Waals surface area (Å²) < 4.78 is 12.0. The summed E-state index contributed by atoms with van der Waals surface area (Å²) in [6.45, 7) is 3.34. The van der Waals surface area contributed by atoms with Crippen molar-refractivity contribution < 1.29 is 9.15 Å². The average molecular weight is 323 g/mol. The van der Waals surface area contributed by atoms with Crippen LogP contribution in [-0.4, -0.2) is 36.2 Å². The molecule has 0 saturated carbocycles. The first-order valence-electron chi connectivity index (χ1n) is 6.30. The quantitative estimate of drug-likeness (QED) is 0.871. The summed E-state index contributed by atoms with van der Waals surface area (Å²) in [7, 11) is 0. The number of halogens is 1. The van der Waals surface area contributed by atoms with Gasteiger partial charge in [-0.3, -0.25) is 4.90 Å². The minimum Gasteiger partial charge on any atom is -0.446 e. The Kier molecular flexibility index (Phi) is 3.96. The van der Waals surface area contributed by atoms with Gasteiger partial charge in [0.2, 0.25) is 0 Å². The fourth-order valence-corrected chi connectivity index (χ4v) is 2.66. The molecule has 1 aliphatic rings. The van der Waals surface area contributed by atoms with Crippen molar-refractivity contribution >= 4 is 15.9 Å². The minimum atomic E-state index is 0.111. The maximum atomic E-state index is 5.53. The monoisotopic (exact) mass is 322 g/mol. The largest absolute Gasteiger partial charge is 0.446 e. The lowest BCUT2D eigenvalue weighted by molar-refractivity contribution is 0.0202. The number of rotatable bonds is 3. The van der Waals surface area contributed by atoms with Crippen molar-refractivity contribution in [1.82, 2.24) is 9.88 Å². The first-order chi connectivity index (χ1) is 9.34. The van der Waals surface area contributed by atoms with E-state index in [1.165, 1.54) is 12.0 Å². The van der Waals surface area contributed by atoms with Gasteiger partial charge in [-0.1, -0.05) is 28.1 Å². The third-order valence-electron chi connectivity index (χ3n) is 3.32. The molecule has 0 N–H and O–H groups in total. The van der Waals surface area contributed by atoms with E-state index in [0.29, 0.717) is 0 Å². The first kappa shape index (κ1) is 12.8. The lowest BCUT2D eigenvalue weighted by Crippen LogP contribution is -2.39. The number of nitrogens with zero attached hydrogens (tertiary/aromatic N) is 2. The lowest BCUT2D eigenvalue weighted by atomic mass is 10.0. The molecule has 0 spiro atoms. The van der Waals surface area contributed by atoms with Gasteiger partial charge in [-0.25, -0.2) is 4.98 Å². The van der Waals surface area contributed by atoms with E-state index in [-0.39, 0.29) is 6.04 Å². The van der Waals surface area contributed by atoms with Gasteiger partial charge in [0, 0.05) is 17.6 Å². The summed E-state index contributed by atoms with van der Waals surface area (Å²) in [5, 5.41) is 0. The normalized spacial score (nSPS) is 18.4. The Morgan fingerprint density at radius 3 is 2.53 bits per heavy atom. The summed E-state index contributed by atoms with van der Waals surface area (Å²) in [4.78, 5) is 6.42. The number of ether oxygens (including phenoxy) is 1. The maximum Gasteiger partial charge on any atom is 0.180 e. The highest BCUT2D eigenvalue weighted by Crippen LogP contribution is 2.29. The van der Waals surface area contributed by atoms with Gasteiger partial charge in [0.15, 0.2) is 6.39 Å². The highest BCUT2D eigenvalue weighted by Gasteiger charge is 2.26. The molecule has 5 heteroatoms. The van der Waals surface area contributed by atoms with Gasteiger partial charge in [0.1, 0.15) is 5.76 Å². The molecule has 0 radical (unpaired) electrons. The zero-order valence-electron chi connectivity index (χ0n) is 10.5. The van der Waals surface area contributed by atoms with Crippen molar-refractivity contribution in [2.75, 3.05) is 26.3 Å². The van der Waals surface area contributed by atoms with Gasteiger partial charge in [0.25, 0.3) is 0 Å². The average Bonchev–Trinajstić information content (AvgIpc) is 2.96. The van der Waals surface area contributed by atoms with Crippen LogP contribution >= 0.6 is 15.9 Å². The number of oxazole rings is 1. The number of aromatic nitrogens is 1. The fourth-order valence-electron chi connectivity index (χ4n) is 2.40. The van der Waals surface area contributed by atoms with E-state index in [0.717, 1.165) is 36.5 Å². The van der Waals surface area contributed by atoms with Crippen LogP contribution in [0.15, 0.2) is 45.7 Å². The van der Waals surface area contributed by atoms with Crippen LogP contribution in [0.3, 0.4) is 0 Å². The molecular weight excluding hydrogens is 308 g/mol. The second-order valence-corrected chi connectivity index (χ2v) is 5.42. The number of hydrogen-bond acceptors (Lipinski definition) is 4. The van der Waals surface area contributed by atoms with Gasteiger partial charge < -0.3 is 9.15 Å². The van der Waals surface area contributed by atoms with Crippen LogP contribution in [0.2, 0.25) is 0 Å². The molecule has 0 amide bonds. The molecule has 0 aliphatic carbocycles. The van der Waals surface area contributed by atoms with Crippen LogP contribution in [0.25, 0.3) is 0 Å². The topological polar surface area (TPSA) is 38.5 Å². The molecule has 4 nitrogen and oxygen atoms in total. The van der Waals surface area contributed by atoms with E-state index in [1.54, 1.807) is 6.20 Å². The van der Waals surface area contributed by atoms with E-state index in [1.807, 2.05) is 0 Å². The molecule has 0 bridgehead atoms. The highest BCUT2D eigenvalue weighted by atomic mass is 79.9. The molecule has 1 aliphatic heterocycles. The van der Waals surface area contributed by atoms with E-state index in [9.17, 15) is 0 Å². The maximum absolute atomic E-state index is 5.53. The van der Waals surface area contributed by atoms with Crippen molar-refractivity contribution in [1.29, 1.82) is 0 Å². The predicted octanol–water partition coefficient (Wildman–Crippen LogP) is 2.86. The molecule has 1 saturated heterocycles. The third-order valence-corrected chi connectivity index (χ3v) is 3.85. The van der Waals surface area contributed by atoms with Gasteiger partial charge in [-0.05, 0) is 17.7 Å². The first-order valence-corrected chi connectivity index (χ1v) is 7.09. The molecule has 2 aromatic rings. The van der Waals surface area contributed by atoms with Crippen molar-refractivity contribution in [3.05, 3.63) is 52.7 Å². The van der Waals surface area contributed by atoms with Crippen molar-refractivity contribution in [3.63, 3.8) is 0 Å². The van der Waals surface area contributed by atoms with Crippen LogP contribution in [0, 0.1) is 0 Å². The van der Waals surface area contributed by atoms with Crippen molar-refractivity contribution in [3.8, 4) is 0 Å². The summed E-state index contributed by atoms with van der Waals surface area (Å²) in [5.74, 6) is 0.879. The van der Waals surface area contributed by atoms with Crippen LogP contribution < -0.4 is 0 Å². The van der Waals surface area contributed by atoms with Gasteiger partial charge >= 0.3 is 0 Å². The summed E-state index contributed by atoms with van der Waals surface area (Å²) in [6.07, 6.45) is 3.28. The fraction of sp³-hybridized carbons (Fsp3) is 0.357. The Bertz CT molecular complexity index is 507. The number of hydrogen-bond donors (Lipinski definition) is 0. The molecular formula is C14H15BrN2O2. The minimum absolute atomic E-state index is 0.111.